The fraction of sp³-hybridized carbons (Fsp3) is 1.00. The number of hydrogen-bond acceptors (Lipinski definition) is 2. The van der Waals surface area contributed by atoms with Gasteiger partial charge in [0, 0.05) is 6.54 Å². The Morgan fingerprint density at radius 1 is 1.18 bits per heavy atom. The van der Waals surface area contributed by atoms with E-state index in [1.54, 1.807) is 0 Å². The minimum Gasteiger partial charge on any atom is -0.316 e. The summed E-state index contributed by atoms with van der Waals surface area (Å²) in [5.41, 5.74) is 0.784. The lowest BCUT2D eigenvalue weighted by molar-refractivity contribution is 0.341. The molecule has 1 heterocycles. The van der Waals surface area contributed by atoms with Crippen LogP contribution in [0, 0.1) is 17.3 Å². The lowest BCUT2D eigenvalue weighted by Gasteiger charge is -2.22. The van der Waals surface area contributed by atoms with E-state index in [1.165, 1.54) is 77.5 Å². The van der Waals surface area contributed by atoms with E-state index in [0.717, 1.165) is 17.3 Å². The van der Waals surface area contributed by atoms with Gasteiger partial charge in [0.05, 0.1) is 0 Å². The molecule has 0 aromatic rings. The fourth-order valence-corrected chi connectivity index (χ4v) is 3.61. The minimum absolute atomic E-state index is 0.784. The summed E-state index contributed by atoms with van der Waals surface area (Å²) in [7, 11) is 0. The van der Waals surface area contributed by atoms with Crippen molar-refractivity contribution in [2.24, 2.45) is 17.3 Å². The second kappa shape index (κ2) is 5.27. The minimum atomic E-state index is 0.784. The SMILES string of the molecule is C1CNCC(CCCNCC2(C3CC3)CC2)C1. The van der Waals surface area contributed by atoms with Crippen molar-refractivity contribution in [3.05, 3.63) is 0 Å². The first-order chi connectivity index (χ1) is 8.39. The van der Waals surface area contributed by atoms with E-state index in [-0.39, 0.29) is 0 Å². The Labute approximate surface area is 106 Å². The van der Waals surface area contributed by atoms with Crippen LogP contribution in [-0.2, 0) is 0 Å². The highest BCUT2D eigenvalue weighted by atomic mass is 14.9. The Kier molecular flexibility index (Phi) is 3.72. The van der Waals surface area contributed by atoms with Gasteiger partial charge >= 0.3 is 0 Å². The topological polar surface area (TPSA) is 24.1 Å². The van der Waals surface area contributed by atoms with Gasteiger partial charge in [-0.15, -0.1) is 0 Å². The zero-order valence-electron chi connectivity index (χ0n) is 11.1. The molecule has 0 bridgehead atoms. The Balaban J connectivity index is 1.23. The second-order valence-electron chi connectivity index (χ2n) is 6.67. The molecule has 2 aliphatic carbocycles. The average molecular weight is 236 g/mol. The van der Waals surface area contributed by atoms with Crippen LogP contribution in [0.25, 0.3) is 0 Å². The van der Waals surface area contributed by atoms with Crippen LogP contribution in [0.15, 0.2) is 0 Å². The maximum absolute atomic E-state index is 3.73. The van der Waals surface area contributed by atoms with Crippen molar-refractivity contribution in [1.82, 2.24) is 10.6 Å². The quantitative estimate of drug-likeness (QED) is 0.664. The van der Waals surface area contributed by atoms with Crippen LogP contribution in [0.3, 0.4) is 0 Å². The molecule has 1 aliphatic heterocycles. The molecule has 98 valence electrons. The van der Waals surface area contributed by atoms with Gasteiger partial charge in [0.2, 0.25) is 0 Å². The van der Waals surface area contributed by atoms with Crippen molar-refractivity contribution >= 4 is 0 Å². The molecule has 1 saturated heterocycles. The molecule has 0 aromatic heterocycles. The van der Waals surface area contributed by atoms with Gasteiger partial charge in [0.15, 0.2) is 0 Å². The summed E-state index contributed by atoms with van der Waals surface area (Å²) in [6, 6.07) is 0. The highest BCUT2D eigenvalue weighted by Crippen LogP contribution is 2.60. The molecule has 0 radical (unpaired) electrons. The lowest BCUT2D eigenvalue weighted by atomic mass is 9.94. The van der Waals surface area contributed by atoms with Crippen LogP contribution in [0.1, 0.15) is 51.4 Å². The van der Waals surface area contributed by atoms with Crippen molar-refractivity contribution in [1.29, 1.82) is 0 Å². The van der Waals surface area contributed by atoms with Gasteiger partial charge in [0.1, 0.15) is 0 Å². The zero-order valence-corrected chi connectivity index (χ0v) is 11.1. The molecule has 0 spiro atoms. The van der Waals surface area contributed by atoms with Gasteiger partial charge in [-0.05, 0) is 88.3 Å². The average Bonchev–Trinajstić information content (AvgIpc) is 3.23. The van der Waals surface area contributed by atoms with Crippen LogP contribution >= 0.6 is 0 Å². The lowest BCUT2D eigenvalue weighted by Crippen LogP contribution is -2.31. The molecule has 2 heteroatoms. The molecule has 2 N–H and O–H groups in total. The number of hydrogen-bond donors (Lipinski definition) is 2. The van der Waals surface area contributed by atoms with E-state index < -0.39 is 0 Å². The van der Waals surface area contributed by atoms with Crippen molar-refractivity contribution in [3.63, 3.8) is 0 Å². The Hall–Kier alpha value is -0.0800. The van der Waals surface area contributed by atoms with E-state index in [0.29, 0.717) is 0 Å². The third-order valence-corrected chi connectivity index (χ3v) is 5.18. The summed E-state index contributed by atoms with van der Waals surface area (Å²) in [6.07, 6.45) is 11.7. The number of nitrogens with one attached hydrogen (secondary N) is 2. The van der Waals surface area contributed by atoms with E-state index >= 15 is 0 Å². The number of piperidine rings is 1. The van der Waals surface area contributed by atoms with Gasteiger partial charge in [-0.1, -0.05) is 0 Å². The molecule has 2 nitrogen and oxygen atoms in total. The first-order valence-electron chi connectivity index (χ1n) is 7.80. The van der Waals surface area contributed by atoms with E-state index in [9.17, 15) is 0 Å². The van der Waals surface area contributed by atoms with Crippen molar-refractivity contribution in [2.75, 3.05) is 26.2 Å². The van der Waals surface area contributed by atoms with Crippen molar-refractivity contribution in [3.8, 4) is 0 Å². The molecule has 0 amide bonds. The Morgan fingerprint density at radius 2 is 2.06 bits per heavy atom. The van der Waals surface area contributed by atoms with Crippen LogP contribution in [0.5, 0.6) is 0 Å². The highest BCUT2D eigenvalue weighted by molar-refractivity contribution is 5.04. The van der Waals surface area contributed by atoms with Gasteiger partial charge in [-0.25, -0.2) is 0 Å². The zero-order chi connectivity index (χ0) is 11.6. The smallest absolute Gasteiger partial charge is 0.00105 e. The summed E-state index contributed by atoms with van der Waals surface area (Å²) in [5, 5.41) is 7.24. The normalized spacial score (nSPS) is 31.4. The summed E-state index contributed by atoms with van der Waals surface area (Å²) in [6.45, 7) is 5.09. The van der Waals surface area contributed by atoms with Gasteiger partial charge in [-0.2, -0.15) is 0 Å². The van der Waals surface area contributed by atoms with Gasteiger partial charge in [0.25, 0.3) is 0 Å². The highest BCUT2D eigenvalue weighted by Gasteiger charge is 2.52. The molecular formula is C15H28N2. The summed E-state index contributed by atoms with van der Waals surface area (Å²) >= 11 is 0. The third kappa shape index (κ3) is 3.23. The molecule has 0 aromatic carbocycles. The van der Waals surface area contributed by atoms with Crippen molar-refractivity contribution < 1.29 is 0 Å². The van der Waals surface area contributed by atoms with E-state index in [2.05, 4.69) is 10.6 Å². The first kappa shape index (κ1) is 12.0. The summed E-state index contributed by atoms with van der Waals surface area (Å²) < 4.78 is 0. The molecule has 3 fully saturated rings. The van der Waals surface area contributed by atoms with Gasteiger partial charge < -0.3 is 10.6 Å². The molecule has 3 aliphatic rings. The summed E-state index contributed by atoms with van der Waals surface area (Å²) in [4.78, 5) is 0. The van der Waals surface area contributed by atoms with Crippen LogP contribution < -0.4 is 10.6 Å². The second-order valence-corrected chi connectivity index (χ2v) is 6.67. The maximum atomic E-state index is 3.73. The van der Waals surface area contributed by atoms with Gasteiger partial charge in [-0.3, -0.25) is 0 Å². The van der Waals surface area contributed by atoms with Crippen molar-refractivity contribution in [2.45, 2.75) is 51.4 Å². The van der Waals surface area contributed by atoms with E-state index in [4.69, 9.17) is 0 Å². The van der Waals surface area contributed by atoms with Crippen LogP contribution in [-0.4, -0.2) is 26.2 Å². The molecule has 3 rings (SSSR count). The summed E-state index contributed by atoms with van der Waals surface area (Å²) in [5.74, 6) is 2.07. The molecule has 1 unspecified atom stereocenters. The fourth-order valence-electron chi connectivity index (χ4n) is 3.61. The Bertz CT molecular complexity index is 237. The standard InChI is InChI=1S/C15H28N2/c1-3-13(11-16-9-1)4-2-10-17-12-15(7-8-15)14-5-6-14/h13-14,16-17H,1-12H2. The van der Waals surface area contributed by atoms with Crippen LogP contribution in [0.4, 0.5) is 0 Å². The maximum Gasteiger partial charge on any atom is 0.00105 e. The third-order valence-electron chi connectivity index (χ3n) is 5.18. The monoisotopic (exact) mass is 236 g/mol. The first-order valence-corrected chi connectivity index (χ1v) is 7.80. The molecule has 17 heavy (non-hydrogen) atoms. The largest absolute Gasteiger partial charge is 0.316 e. The molecule has 1 atom stereocenters. The molecular weight excluding hydrogens is 208 g/mol. The predicted octanol–water partition coefficient (Wildman–Crippen LogP) is 2.55. The van der Waals surface area contributed by atoms with Crippen LogP contribution in [0.2, 0.25) is 0 Å². The van der Waals surface area contributed by atoms with E-state index in [1.807, 2.05) is 0 Å². The number of rotatable bonds is 7. The predicted molar refractivity (Wildman–Crippen MR) is 72.1 cm³/mol. The molecule has 2 saturated carbocycles. The Morgan fingerprint density at radius 3 is 2.71 bits per heavy atom.